The second-order valence-corrected chi connectivity index (χ2v) is 7.90. The van der Waals surface area contributed by atoms with Gasteiger partial charge in [-0.05, 0) is 56.7 Å². The molecule has 2 amide bonds. The number of hydrogen-bond donors (Lipinski definition) is 1. The second-order valence-electron chi connectivity index (χ2n) is 7.90. The number of nitrogens with one attached hydrogen (secondary N) is 1. The topological polar surface area (TPSA) is 67.9 Å². The standard InChI is InChI=1S/C21H27FN2O4/c22-16-7-4-6-15(12-16)20(26)24-18(14-28-21(24)9-2-1-3-10-21)19(25)23-13-17-8-5-11-27-17/h4,6-7,12,17-18H,1-3,5,8-11,13-14H2,(H,23,25)/t17-,18-/m0/s1. The predicted molar refractivity (Wildman–Crippen MR) is 100 cm³/mol. The van der Waals surface area contributed by atoms with Gasteiger partial charge in [0.05, 0.1) is 12.7 Å². The quantitative estimate of drug-likeness (QED) is 0.858. The van der Waals surface area contributed by atoms with Crippen LogP contribution in [-0.4, -0.2) is 54.3 Å². The lowest BCUT2D eigenvalue weighted by Crippen LogP contribution is -2.56. The molecular formula is C21H27FN2O4. The van der Waals surface area contributed by atoms with Crippen molar-refractivity contribution < 1.29 is 23.5 Å². The molecule has 1 aromatic rings. The van der Waals surface area contributed by atoms with Crippen LogP contribution in [0.4, 0.5) is 4.39 Å². The van der Waals surface area contributed by atoms with Gasteiger partial charge in [0.25, 0.3) is 5.91 Å². The van der Waals surface area contributed by atoms with Crippen LogP contribution in [0.3, 0.4) is 0 Å². The summed E-state index contributed by atoms with van der Waals surface area (Å²) in [6, 6.07) is 4.91. The van der Waals surface area contributed by atoms with Crippen molar-refractivity contribution in [3.63, 3.8) is 0 Å². The molecule has 0 aromatic heterocycles. The fourth-order valence-corrected chi connectivity index (χ4v) is 4.57. The van der Waals surface area contributed by atoms with Gasteiger partial charge >= 0.3 is 0 Å². The van der Waals surface area contributed by atoms with Gasteiger partial charge in [-0.1, -0.05) is 12.5 Å². The van der Waals surface area contributed by atoms with Crippen LogP contribution in [0.25, 0.3) is 0 Å². The van der Waals surface area contributed by atoms with E-state index < -0.39 is 17.6 Å². The SMILES string of the molecule is O=C(NC[C@@H]1CCCO1)[C@@H]1COC2(CCCCC2)N1C(=O)c1cccc(F)c1. The summed E-state index contributed by atoms with van der Waals surface area (Å²) in [5.41, 5.74) is -0.527. The number of ether oxygens (including phenoxy) is 2. The molecule has 28 heavy (non-hydrogen) atoms. The maximum Gasteiger partial charge on any atom is 0.256 e. The van der Waals surface area contributed by atoms with Crippen molar-refractivity contribution in [3.05, 3.63) is 35.6 Å². The molecule has 2 heterocycles. The van der Waals surface area contributed by atoms with Crippen LogP contribution in [-0.2, 0) is 14.3 Å². The first-order chi connectivity index (χ1) is 13.6. The molecule has 1 aromatic carbocycles. The first kappa shape index (κ1) is 19.3. The van der Waals surface area contributed by atoms with E-state index in [2.05, 4.69) is 5.32 Å². The number of hydrogen-bond acceptors (Lipinski definition) is 4. The summed E-state index contributed by atoms with van der Waals surface area (Å²) in [7, 11) is 0. The van der Waals surface area contributed by atoms with Crippen LogP contribution in [0.15, 0.2) is 24.3 Å². The Bertz CT molecular complexity index is 729. The normalized spacial score (nSPS) is 26.5. The van der Waals surface area contributed by atoms with Gasteiger partial charge in [-0.15, -0.1) is 0 Å². The van der Waals surface area contributed by atoms with Crippen molar-refractivity contribution in [1.82, 2.24) is 10.2 Å². The Labute approximate surface area is 164 Å². The van der Waals surface area contributed by atoms with Gasteiger partial charge in [0.2, 0.25) is 5.91 Å². The maximum absolute atomic E-state index is 13.7. The molecule has 152 valence electrons. The highest BCUT2D eigenvalue weighted by molar-refractivity contribution is 5.98. The van der Waals surface area contributed by atoms with Crippen molar-refractivity contribution in [2.45, 2.75) is 62.8 Å². The summed E-state index contributed by atoms with van der Waals surface area (Å²) >= 11 is 0. The van der Waals surface area contributed by atoms with E-state index in [1.54, 1.807) is 11.0 Å². The van der Waals surface area contributed by atoms with E-state index in [-0.39, 0.29) is 30.1 Å². The number of rotatable bonds is 4. The van der Waals surface area contributed by atoms with E-state index in [9.17, 15) is 14.0 Å². The van der Waals surface area contributed by atoms with Gasteiger partial charge in [-0.25, -0.2) is 4.39 Å². The van der Waals surface area contributed by atoms with Crippen LogP contribution < -0.4 is 5.32 Å². The Morgan fingerprint density at radius 2 is 2.04 bits per heavy atom. The minimum Gasteiger partial charge on any atom is -0.376 e. The van der Waals surface area contributed by atoms with Gasteiger partial charge < -0.3 is 14.8 Å². The number of halogens is 1. The molecule has 2 atom stereocenters. The van der Waals surface area contributed by atoms with Crippen LogP contribution in [0.5, 0.6) is 0 Å². The van der Waals surface area contributed by atoms with E-state index in [1.165, 1.54) is 18.2 Å². The lowest BCUT2D eigenvalue weighted by atomic mass is 9.89. The zero-order valence-corrected chi connectivity index (χ0v) is 16.0. The number of carbonyl (C=O) groups is 2. The molecule has 1 N–H and O–H groups in total. The molecule has 7 heteroatoms. The van der Waals surface area contributed by atoms with Gasteiger partial charge in [0.1, 0.15) is 17.6 Å². The van der Waals surface area contributed by atoms with Crippen LogP contribution in [0.1, 0.15) is 55.3 Å². The number of benzene rings is 1. The van der Waals surface area contributed by atoms with E-state index in [1.807, 2.05) is 0 Å². The van der Waals surface area contributed by atoms with Crippen LogP contribution in [0, 0.1) is 5.82 Å². The highest BCUT2D eigenvalue weighted by Crippen LogP contribution is 2.41. The fraction of sp³-hybridized carbons (Fsp3) is 0.619. The number of carbonyl (C=O) groups excluding carboxylic acids is 2. The predicted octanol–water partition coefficient (Wildman–Crippen LogP) is 2.62. The van der Waals surface area contributed by atoms with Gasteiger partial charge in [-0.3, -0.25) is 14.5 Å². The van der Waals surface area contributed by atoms with Gasteiger partial charge in [0, 0.05) is 18.7 Å². The molecule has 6 nitrogen and oxygen atoms in total. The lowest BCUT2D eigenvalue weighted by Gasteiger charge is -2.41. The minimum atomic E-state index is -0.770. The average molecular weight is 390 g/mol. The first-order valence-corrected chi connectivity index (χ1v) is 10.2. The van der Waals surface area contributed by atoms with Crippen molar-refractivity contribution >= 4 is 11.8 Å². The first-order valence-electron chi connectivity index (χ1n) is 10.2. The summed E-state index contributed by atoms with van der Waals surface area (Å²) in [4.78, 5) is 27.8. The molecule has 1 aliphatic carbocycles. The third kappa shape index (κ3) is 3.78. The number of amides is 2. The monoisotopic (exact) mass is 390 g/mol. The van der Waals surface area contributed by atoms with Crippen molar-refractivity contribution in [2.75, 3.05) is 19.8 Å². The van der Waals surface area contributed by atoms with E-state index in [0.29, 0.717) is 19.4 Å². The molecule has 3 fully saturated rings. The van der Waals surface area contributed by atoms with Gasteiger partial charge in [0.15, 0.2) is 0 Å². The van der Waals surface area contributed by atoms with Crippen molar-refractivity contribution in [2.24, 2.45) is 0 Å². The van der Waals surface area contributed by atoms with Gasteiger partial charge in [-0.2, -0.15) is 0 Å². The highest BCUT2D eigenvalue weighted by atomic mass is 19.1. The maximum atomic E-state index is 13.7. The minimum absolute atomic E-state index is 0.0299. The second kappa shape index (κ2) is 8.17. The highest BCUT2D eigenvalue weighted by Gasteiger charge is 2.53. The molecule has 0 radical (unpaired) electrons. The summed E-state index contributed by atoms with van der Waals surface area (Å²) in [5.74, 6) is -1.05. The lowest BCUT2D eigenvalue weighted by molar-refractivity contribution is -0.127. The molecular weight excluding hydrogens is 363 g/mol. The van der Waals surface area contributed by atoms with E-state index in [0.717, 1.165) is 38.7 Å². The molecule has 2 aliphatic heterocycles. The summed E-state index contributed by atoms with van der Waals surface area (Å²) in [6.45, 7) is 1.32. The molecule has 1 spiro atoms. The molecule has 1 saturated carbocycles. The zero-order valence-electron chi connectivity index (χ0n) is 16.0. The summed E-state index contributed by atoms with van der Waals surface area (Å²) in [5, 5.41) is 2.92. The van der Waals surface area contributed by atoms with Crippen LogP contribution in [0.2, 0.25) is 0 Å². The largest absolute Gasteiger partial charge is 0.376 e. The number of nitrogens with zero attached hydrogens (tertiary/aromatic N) is 1. The Morgan fingerprint density at radius 1 is 1.21 bits per heavy atom. The summed E-state index contributed by atoms with van der Waals surface area (Å²) < 4.78 is 25.4. The zero-order chi connectivity index (χ0) is 19.6. The van der Waals surface area contributed by atoms with Crippen molar-refractivity contribution in [3.8, 4) is 0 Å². The molecule has 0 bridgehead atoms. The molecule has 4 rings (SSSR count). The fourth-order valence-electron chi connectivity index (χ4n) is 4.57. The third-order valence-electron chi connectivity index (χ3n) is 6.02. The molecule has 0 unspecified atom stereocenters. The average Bonchev–Trinajstić information content (AvgIpc) is 3.35. The van der Waals surface area contributed by atoms with E-state index >= 15 is 0 Å². The van der Waals surface area contributed by atoms with Crippen LogP contribution >= 0.6 is 0 Å². The third-order valence-corrected chi connectivity index (χ3v) is 6.02. The van der Waals surface area contributed by atoms with E-state index in [4.69, 9.17) is 9.47 Å². The Hall–Kier alpha value is -1.99. The van der Waals surface area contributed by atoms with Crippen molar-refractivity contribution in [1.29, 1.82) is 0 Å². The molecule has 3 aliphatic rings. The Kier molecular flexibility index (Phi) is 5.64. The smallest absolute Gasteiger partial charge is 0.256 e. The Balaban J connectivity index is 1.55. The molecule has 2 saturated heterocycles. The summed E-state index contributed by atoms with van der Waals surface area (Å²) in [6.07, 6.45) is 6.32. The Morgan fingerprint density at radius 3 is 2.75 bits per heavy atom.